The van der Waals surface area contributed by atoms with Gasteiger partial charge in [0.25, 0.3) is 10.0 Å². The van der Waals surface area contributed by atoms with E-state index in [0.29, 0.717) is 21.4 Å². The molecule has 5 nitrogen and oxygen atoms in total. The molecule has 0 amide bonds. The van der Waals surface area contributed by atoms with Gasteiger partial charge in [0, 0.05) is 15.7 Å². The summed E-state index contributed by atoms with van der Waals surface area (Å²) in [5.41, 5.74) is 0.366. The SMILES string of the molecule is O=S(=O)(Nc1cc(Sc2ccccc2)c(O)c2ccccc12)c1ccc(O)cc1. The Morgan fingerprint density at radius 1 is 0.759 bits per heavy atom. The second kappa shape index (κ2) is 7.69. The molecule has 0 aromatic heterocycles. The zero-order valence-corrected chi connectivity index (χ0v) is 16.7. The number of aromatic hydroxyl groups is 2. The maximum atomic E-state index is 12.8. The predicted molar refractivity (Wildman–Crippen MR) is 115 cm³/mol. The van der Waals surface area contributed by atoms with Crippen LogP contribution < -0.4 is 4.72 Å². The van der Waals surface area contributed by atoms with Crippen molar-refractivity contribution >= 4 is 38.2 Å². The minimum Gasteiger partial charge on any atom is -0.508 e. The Morgan fingerprint density at radius 2 is 1.38 bits per heavy atom. The topological polar surface area (TPSA) is 86.6 Å². The van der Waals surface area contributed by atoms with Crippen LogP contribution in [0.5, 0.6) is 11.5 Å². The van der Waals surface area contributed by atoms with Crippen LogP contribution in [0.1, 0.15) is 0 Å². The molecule has 29 heavy (non-hydrogen) atoms. The average Bonchev–Trinajstić information content (AvgIpc) is 2.72. The van der Waals surface area contributed by atoms with Gasteiger partial charge in [-0.3, -0.25) is 4.72 Å². The van der Waals surface area contributed by atoms with Crippen molar-refractivity contribution in [2.45, 2.75) is 14.7 Å². The Hall–Kier alpha value is -3.16. The number of anilines is 1. The highest BCUT2D eigenvalue weighted by Crippen LogP contribution is 2.42. The van der Waals surface area contributed by atoms with Gasteiger partial charge in [0.2, 0.25) is 0 Å². The first-order chi connectivity index (χ1) is 13.9. The first kappa shape index (κ1) is 19.2. The van der Waals surface area contributed by atoms with Crippen LogP contribution in [0, 0.1) is 0 Å². The number of rotatable bonds is 5. The Bertz CT molecular complexity index is 1270. The molecule has 0 saturated carbocycles. The Kier molecular flexibility index (Phi) is 5.08. The molecule has 0 atom stereocenters. The van der Waals surface area contributed by atoms with E-state index in [9.17, 15) is 18.6 Å². The average molecular weight is 424 g/mol. The Balaban J connectivity index is 1.81. The summed E-state index contributed by atoms with van der Waals surface area (Å²) in [4.78, 5) is 1.49. The summed E-state index contributed by atoms with van der Waals surface area (Å²) >= 11 is 1.35. The van der Waals surface area contributed by atoms with Crippen molar-refractivity contribution in [1.82, 2.24) is 0 Å². The Labute approximate surface area is 172 Å². The van der Waals surface area contributed by atoms with Crippen molar-refractivity contribution in [3.63, 3.8) is 0 Å². The maximum Gasteiger partial charge on any atom is 0.261 e. The quantitative estimate of drug-likeness (QED) is 0.384. The third-order valence-electron chi connectivity index (χ3n) is 4.34. The minimum atomic E-state index is -3.88. The van der Waals surface area contributed by atoms with Gasteiger partial charge in [-0.2, -0.15) is 0 Å². The number of sulfonamides is 1. The molecular formula is C22H17NO4S2. The summed E-state index contributed by atoms with van der Waals surface area (Å²) in [6.07, 6.45) is 0. The first-order valence-corrected chi connectivity index (χ1v) is 11.0. The van der Waals surface area contributed by atoms with Crippen molar-refractivity contribution in [3.05, 3.63) is 84.9 Å². The number of nitrogens with one attached hydrogen (secondary N) is 1. The van der Waals surface area contributed by atoms with Crippen LogP contribution in [0.2, 0.25) is 0 Å². The highest BCUT2D eigenvalue weighted by atomic mass is 32.2. The summed E-state index contributed by atoms with van der Waals surface area (Å²) in [5, 5.41) is 21.3. The van der Waals surface area contributed by atoms with Gasteiger partial charge in [0.1, 0.15) is 11.5 Å². The van der Waals surface area contributed by atoms with Crippen LogP contribution in [-0.4, -0.2) is 18.6 Å². The van der Waals surface area contributed by atoms with Crippen molar-refractivity contribution < 1.29 is 18.6 Å². The largest absolute Gasteiger partial charge is 0.508 e. The van der Waals surface area contributed by atoms with Crippen LogP contribution >= 0.6 is 11.8 Å². The molecule has 0 heterocycles. The van der Waals surface area contributed by atoms with Gasteiger partial charge in [-0.15, -0.1) is 0 Å². The van der Waals surface area contributed by atoms with Gasteiger partial charge in [0.15, 0.2) is 0 Å². The van der Waals surface area contributed by atoms with E-state index in [-0.39, 0.29) is 16.4 Å². The number of phenolic OH excluding ortho intramolecular Hbond substituents is 2. The predicted octanol–water partition coefficient (Wildman–Crippen LogP) is 5.20. The molecule has 0 aliphatic heterocycles. The van der Waals surface area contributed by atoms with Crippen molar-refractivity contribution in [2.24, 2.45) is 0 Å². The van der Waals surface area contributed by atoms with Gasteiger partial charge in [-0.1, -0.05) is 54.2 Å². The number of hydrogen-bond donors (Lipinski definition) is 3. The highest BCUT2D eigenvalue weighted by molar-refractivity contribution is 7.99. The molecule has 4 aromatic carbocycles. The summed E-state index contributed by atoms with van der Waals surface area (Å²) in [5.74, 6) is 0.0858. The van der Waals surface area contributed by atoms with Crippen molar-refractivity contribution in [1.29, 1.82) is 0 Å². The summed E-state index contributed by atoms with van der Waals surface area (Å²) < 4.78 is 28.3. The normalized spacial score (nSPS) is 11.4. The van der Waals surface area contributed by atoms with Gasteiger partial charge in [0.05, 0.1) is 15.5 Å². The van der Waals surface area contributed by atoms with Gasteiger partial charge < -0.3 is 10.2 Å². The van der Waals surface area contributed by atoms with Gasteiger partial charge >= 0.3 is 0 Å². The fraction of sp³-hybridized carbons (Fsp3) is 0. The zero-order chi connectivity index (χ0) is 20.4. The van der Waals surface area contributed by atoms with E-state index in [1.54, 1.807) is 30.3 Å². The molecule has 0 spiro atoms. The number of phenols is 2. The first-order valence-electron chi connectivity index (χ1n) is 8.73. The lowest BCUT2D eigenvalue weighted by Crippen LogP contribution is -2.13. The molecular weight excluding hydrogens is 406 g/mol. The second-order valence-corrected chi connectivity index (χ2v) is 9.13. The number of hydrogen-bond acceptors (Lipinski definition) is 5. The molecule has 0 bridgehead atoms. The molecule has 0 fully saturated rings. The van der Waals surface area contributed by atoms with E-state index in [4.69, 9.17) is 0 Å². The van der Waals surface area contributed by atoms with Crippen molar-refractivity contribution in [2.75, 3.05) is 4.72 Å². The third-order valence-corrected chi connectivity index (χ3v) is 6.76. The molecule has 3 N–H and O–H groups in total. The lowest BCUT2D eigenvalue weighted by molar-refractivity contribution is 0.469. The fourth-order valence-corrected chi connectivity index (χ4v) is 4.94. The monoisotopic (exact) mass is 423 g/mol. The lowest BCUT2D eigenvalue weighted by atomic mass is 10.1. The van der Waals surface area contributed by atoms with Crippen LogP contribution in [0.15, 0.2) is 99.6 Å². The third kappa shape index (κ3) is 4.01. The van der Waals surface area contributed by atoms with E-state index in [1.165, 1.54) is 36.0 Å². The van der Waals surface area contributed by atoms with Crippen LogP contribution in [-0.2, 0) is 10.0 Å². The molecule has 0 radical (unpaired) electrons. The van der Waals surface area contributed by atoms with E-state index in [2.05, 4.69) is 4.72 Å². The number of fused-ring (bicyclic) bond motifs is 1. The molecule has 7 heteroatoms. The number of benzene rings is 4. The fourth-order valence-electron chi connectivity index (χ4n) is 2.94. The second-order valence-electron chi connectivity index (χ2n) is 6.33. The molecule has 146 valence electrons. The summed E-state index contributed by atoms with van der Waals surface area (Å²) in [6.45, 7) is 0. The zero-order valence-electron chi connectivity index (χ0n) is 15.1. The highest BCUT2D eigenvalue weighted by Gasteiger charge is 2.19. The van der Waals surface area contributed by atoms with E-state index < -0.39 is 10.0 Å². The van der Waals surface area contributed by atoms with Crippen LogP contribution in [0.4, 0.5) is 5.69 Å². The lowest BCUT2D eigenvalue weighted by Gasteiger charge is -2.15. The summed E-state index contributed by atoms with van der Waals surface area (Å²) in [7, 11) is -3.88. The van der Waals surface area contributed by atoms with E-state index in [0.717, 1.165) is 4.90 Å². The molecule has 0 aliphatic rings. The molecule has 0 unspecified atom stereocenters. The van der Waals surface area contributed by atoms with E-state index in [1.807, 2.05) is 30.3 Å². The summed E-state index contributed by atoms with van der Waals surface area (Å²) in [6, 6.07) is 23.5. The van der Waals surface area contributed by atoms with Gasteiger partial charge in [-0.25, -0.2) is 8.42 Å². The van der Waals surface area contributed by atoms with Crippen LogP contribution in [0.25, 0.3) is 10.8 Å². The Morgan fingerprint density at radius 3 is 2.07 bits per heavy atom. The van der Waals surface area contributed by atoms with Gasteiger partial charge in [-0.05, 0) is 42.5 Å². The van der Waals surface area contributed by atoms with Crippen molar-refractivity contribution in [3.8, 4) is 11.5 Å². The minimum absolute atomic E-state index is 0.0134. The molecule has 0 saturated heterocycles. The molecule has 0 aliphatic carbocycles. The maximum absolute atomic E-state index is 12.8. The molecule has 4 aromatic rings. The van der Waals surface area contributed by atoms with Crippen LogP contribution in [0.3, 0.4) is 0 Å². The molecule has 4 rings (SSSR count). The standard InChI is InChI=1S/C22H17NO4S2/c24-15-10-12-17(13-11-15)29(26,27)23-20-14-21(28-16-6-2-1-3-7-16)22(25)19-9-5-4-8-18(19)20/h1-14,23-25H. The smallest absolute Gasteiger partial charge is 0.261 e. The van der Waals surface area contributed by atoms with E-state index >= 15 is 0 Å².